The molecule has 9 heteroatoms. The smallest absolute Gasteiger partial charge is 0.270 e. The van der Waals surface area contributed by atoms with Crippen LogP contribution in [0.4, 0.5) is 11.4 Å². The van der Waals surface area contributed by atoms with Crippen molar-refractivity contribution in [1.29, 1.82) is 0 Å². The van der Waals surface area contributed by atoms with E-state index in [2.05, 4.69) is 10.0 Å². The number of hydrogen-bond acceptors (Lipinski definition) is 5. The van der Waals surface area contributed by atoms with E-state index in [-0.39, 0.29) is 27.9 Å². The molecule has 2 N–H and O–H groups in total. The fraction of sp³-hybridized carbons (Fsp3) is 0.0952. The minimum absolute atomic E-state index is 0.0711. The number of sulfonamides is 1. The van der Waals surface area contributed by atoms with E-state index in [0.29, 0.717) is 0 Å². The number of nitrogens with zero attached hydrogens (tertiary/aromatic N) is 1. The molecule has 0 bridgehead atoms. The Morgan fingerprint density at radius 3 is 2.33 bits per heavy atom. The summed E-state index contributed by atoms with van der Waals surface area (Å²) in [7, 11) is -4.14. The molecule has 8 nitrogen and oxygen atoms in total. The second-order valence-electron chi connectivity index (χ2n) is 6.51. The summed E-state index contributed by atoms with van der Waals surface area (Å²) in [4.78, 5) is 22.8. The molecule has 0 unspecified atom stereocenters. The summed E-state index contributed by atoms with van der Waals surface area (Å²) in [6, 6.07) is 19.9. The van der Waals surface area contributed by atoms with Crippen molar-refractivity contribution in [3.63, 3.8) is 0 Å². The summed E-state index contributed by atoms with van der Waals surface area (Å²) in [5.74, 6) is -0.455. The Kier molecular flexibility index (Phi) is 6.12. The second kappa shape index (κ2) is 8.75. The highest BCUT2D eigenvalue weighted by atomic mass is 32.2. The van der Waals surface area contributed by atoms with Gasteiger partial charge in [0.1, 0.15) is 0 Å². The summed E-state index contributed by atoms with van der Waals surface area (Å²) in [6.45, 7) is 1.82. The highest BCUT2D eigenvalue weighted by Gasteiger charge is 2.21. The molecule has 3 rings (SSSR count). The first-order valence-corrected chi connectivity index (χ1v) is 10.5. The van der Waals surface area contributed by atoms with Crippen molar-refractivity contribution in [3.8, 4) is 0 Å². The molecular formula is C21H19N3O5S. The van der Waals surface area contributed by atoms with Crippen LogP contribution in [0.15, 0.2) is 83.8 Å². The zero-order chi connectivity index (χ0) is 21.7. The summed E-state index contributed by atoms with van der Waals surface area (Å²) in [6.07, 6.45) is 0. The van der Waals surface area contributed by atoms with Crippen LogP contribution in [-0.2, 0) is 10.0 Å². The van der Waals surface area contributed by atoms with Gasteiger partial charge in [-0.2, -0.15) is 0 Å². The number of hydrogen-bond donors (Lipinski definition) is 2. The van der Waals surface area contributed by atoms with Crippen LogP contribution in [0.3, 0.4) is 0 Å². The van der Waals surface area contributed by atoms with Crippen LogP contribution in [-0.4, -0.2) is 19.2 Å². The van der Waals surface area contributed by atoms with Crippen LogP contribution < -0.4 is 10.0 Å². The monoisotopic (exact) mass is 425 g/mol. The molecule has 3 aromatic carbocycles. The zero-order valence-electron chi connectivity index (χ0n) is 16.0. The van der Waals surface area contributed by atoms with Gasteiger partial charge in [0.25, 0.3) is 21.6 Å². The van der Waals surface area contributed by atoms with E-state index < -0.39 is 20.9 Å². The average molecular weight is 425 g/mol. The first-order chi connectivity index (χ1) is 14.3. The lowest BCUT2D eigenvalue weighted by Gasteiger charge is -2.17. The maximum atomic E-state index is 12.8. The first kappa shape index (κ1) is 21.0. The van der Waals surface area contributed by atoms with E-state index in [9.17, 15) is 23.3 Å². The quantitative estimate of drug-likeness (QED) is 0.440. The van der Waals surface area contributed by atoms with Crippen LogP contribution in [0.1, 0.15) is 28.9 Å². The number of non-ortho nitro benzene ring substituents is 1. The van der Waals surface area contributed by atoms with Crippen molar-refractivity contribution in [2.75, 3.05) is 4.72 Å². The van der Waals surface area contributed by atoms with Gasteiger partial charge in [0.2, 0.25) is 0 Å². The minimum Gasteiger partial charge on any atom is -0.345 e. The van der Waals surface area contributed by atoms with E-state index in [1.807, 2.05) is 37.3 Å². The summed E-state index contributed by atoms with van der Waals surface area (Å²) >= 11 is 0. The Balaban J connectivity index is 1.85. The Labute approximate surface area is 173 Å². The fourth-order valence-electron chi connectivity index (χ4n) is 2.84. The van der Waals surface area contributed by atoms with Crippen molar-refractivity contribution in [3.05, 3.63) is 100 Å². The number of nitro benzene ring substituents is 1. The normalized spacial score (nSPS) is 12.0. The maximum Gasteiger partial charge on any atom is 0.270 e. The number of benzene rings is 3. The van der Waals surface area contributed by atoms with Gasteiger partial charge in [0.05, 0.1) is 27.1 Å². The van der Waals surface area contributed by atoms with E-state index in [4.69, 9.17) is 0 Å². The van der Waals surface area contributed by atoms with Gasteiger partial charge < -0.3 is 5.32 Å². The van der Waals surface area contributed by atoms with Gasteiger partial charge in [0.15, 0.2) is 0 Å². The van der Waals surface area contributed by atoms with Crippen LogP contribution >= 0.6 is 0 Å². The third-order valence-corrected chi connectivity index (χ3v) is 5.77. The highest BCUT2D eigenvalue weighted by molar-refractivity contribution is 7.92. The summed E-state index contributed by atoms with van der Waals surface area (Å²) in [5.41, 5.74) is 0.761. The molecule has 0 fully saturated rings. The number of anilines is 1. The van der Waals surface area contributed by atoms with Crippen molar-refractivity contribution in [2.45, 2.75) is 17.9 Å². The number of nitro groups is 1. The molecular weight excluding hydrogens is 406 g/mol. The van der Waals surface area contributed by atoms with Gasteiger partial charge in [-0.05, 0) is 30.7 Å². The highest BCUT2D eigenvalue weighted by Crippen LogP contribution is 2.23. The lowest BCUT2D eigenvalue weighted by Crippen LogP contribution is -2.28. The predicted molar refractivity (Wildman–Crippen MR) is 113 cm³/mol. The lowest BCUT2D eigenvalue weighted by atomic mass is 10.1. The number of carbonyl (C=O) groups is 1. The molecule has 30 heavy (non-hydrogen) atoms. The van der Waals surface area contributed by atoms with Crippen LogP contribution in [0.2, 0.25) is 0 Å². The lowest BCUT2D eigenvalue weighted by molar-refractivity contribution is -0.385. The SMILES string of the molecule is C[C@@H](NC(=O)c1ccccc1NS(=O)(=O)c1cccc([N+](=O)[O-])c1)c1ccccc1. The maximum absolute atomic E-state index is 12.8. The standard InChI is InChI=1S/C21H19N3O5S/c1-15(16-8-3-2-4-9-16)22-21(25)19-12-5-6-13-20(19)23-30(28,29)18-11-7-10-17(14-18)24(26)27/h2-15,23H,1H3,(H,22,25)/t15-/m1/s1. The molecule has 3 aromatic rings. The molecule has 154 valence electrons. The van der Waals surface area contributed by atoms with Gasteiger partial charge in [-0.1, -0.05) is 48.5 Å². The Morgan fingerprint density at radius 1 is 0.967 bits per heavy atom. The third-order valence-electron chi connectivity index (χ3n) is 4.40. The van der Waals surface area contributed by atoms with Crippen LogP contribution in [0.5, 0.6) is 0 Å². The molecule has 0 aliphatic heterocycles. The summed E-state index contributed by atoms with van der Waals surface area (Å²) < 4.78 is 27.8. The number of carbonyl (C=O) groups excluding carboxylic acids is 1. The number of rotatable bonds is 7. The molecule has 0 aliphatic carbocycles. The Hall–Kier alpha value is -3.72. The van der Waals surface area contributed by atoms with E-state index in [1.165, 1.54) is 30.3 Å². The molecule has 0 aromatic heterocycles. The fourth-order valence-corrected chi connectivity index (χ4v) is 3.96. The molecule has 0 saturated carbocycles. The molecule has 0 saturated heterocycles. The largest absolute Gasteiger partial charge is 0.345 e. The first-order valence-electron chi connectivity index (χ1n) is 9.00. The predicted octanol–water partition coefficient (Wildman–Crippen LogP) is 3.89. The minimum atomic E-state index is -4.14. The molecule has 1 atom stereocenters. The molecule has 0 spiro atoms. The molecule has 1 amide bonds. The third kappa shape index (κ3) is 4.81. The van der Waals surface area contributed by atoms with E-state index >= 15 is 0 Å². The van der Waals surface area contributed by atoms with Gasteiger partial charge in [-0.3, -0.25) is 19.6 Å². The van der Waals surface area contributed by atoms with Gasteiger partial charge in [-0.25, -0.2) is 8.42 Å². The second-order valence-corrected chi connectivity index (χ2v) is 8.19. The number of amides is 1. The molecule has 0 aliphatic rings. The van der Waals surface area contributed by atoms with Gasteiger partial charge >= 0.3 is 0 Å². The molecule has 0 heterocycles. The average Bonchev–Trinajstić information content (AvgIpc) is 2.74. The topological polar surface area (TPSA) is 118 Å². The van der Waals surface area contributed by atoms with Crippen molar-refractivity contribution >= 4 is 27.3 Å². The van der Waals surface area contributed by atoms with E-state index in [0.717, 1.165) is 11.6 Å². The molecule has 0 radical (unpaired) electrons. The van der Waals surface area contributed by atoms with Crippen molar-refractivity contribution in [2.24, 2.45) is 0 Å². The Morgan fingerprint density at radius 2 is 1.63 bits per heavy atom. The van der Waals surface area contributed by atoms with Crippen molar-refractivity contribution < 1.29 is 18.1 Å². The number of para-hydroxylation sites is 1. The van der Waals surface area contributed by atoms with E-state index in [1.54, 1.807) is 12.1 Å². The van der Waals surface area contributed by atoms with Crippen molar-refractivity contribution in [1.82, 2.24) is 5.32 Å². The van der Waals surface area contributed by atoms with Gasteiger partial charge in [0, 0.05) is 12.1 Å². The Bertz CT molecular complexity index is 1180. The zero-order valence-corrected chi connectivity index (χ0v) is 16.8. The van der Waals surface area contributed by atoms with Gasteiger partial charge in [-0.15, -0.1) is 0 Å². The van der Waals surface area contributed by atoms with Crippen LogP contribution in [0.25, 0.3) is 0 Å². The summed E-state index contributed by atoms with van der Waals surface area (Å²) in [5, 5.41) is 13.8. The number of nitrogens with one attached hydrogen (secondary N) is 2. The van der Waals surface area contributed by atoms with Crippen LogP contribution in [0, 0.1) is 10.1 Å².